The summed E-state index contributed by atoms with van der Waals surface area (Å²) in [7, 11) is -3.98. The number of hydrogen-bond donors (Lipinski definition) is 1. The van der Waals surface area contributed by atoms with Crippen LogP contribution in [-0.4, -0.2) is 81.1 Å². The van der Waals surface area contributed by atoms with Gasteiger partial charge < -0.3 is 77.0 Å². The molecular weight excluding hydrogens is 874 g/mol. The molecule has 0 bridgehead atoms. The van der Waals surface area contributed by atoms with Crippen LogP contribution in [0.3, 0.4) is 0 Å². The van der Waals surface area contributed by atoms with Gasteiger partial charge in [0.1, 0.15) is 0 Å². The maximum atomic E-state index is 11.8. The van der Waals surface area contributed by atoms with Crippen molar-refractivity contribution in [2.45, 2.75) is 176 Å². The fourth-order valence-corrected chi connectivity index (χ4v) is 28.1. The first-order chi connectivity index (χ1) is 16.2. The molecule has 0 heterocycles. The fourth-order valence-electron chi connectivity index (χ4n) is 9.05. The highest BCUT2D eigenvalue weighted by Gasteiger charge is 2.64. The topological polar surface area (TPSA) is 20.2 Å². The highest BCUT2D eigenvalue weighted by atomic mass is 127. The monoisotopic (exact) mass is 946 g/mol. The summed E-state index contributed by atoms with van der Waals surface area (Å²) in [5.74, 6) is 0. The molecule has 0 aliphatic rings. The molecule has 0 unspecified atom stereocenters. The van der Waals surface area contributed by atoms with E-state index in [9.17, 15) is 5.11 Å². The van der Waals surface area contributed by atoms with Gasteiger partial charge in [0.25, 0.3) is 0 Å². The van der Waals surface area contributed by atoms with Crippen molar-refractivity contribution in [3.05, 3.63) is 0 Å². The minimum absolute atomic E-state index is 0. The van der Waals surface area contributed by atoms with E-state index in [0.29, 0.717) is 57.5 Å². The van der Waals surface area contributed by atoms with Gasteiger partial charge in [0.2, 0.25) is 0 Å². The summed E-state index contributed by atoms with van der Waals surface area (Å²) in [4.78, 5) is 0. The van der Waals surface area contributed by atoms with Gasteiger partial charge in [0.05, 0.1) is 81.4 Å². The molecule has 1 nitrogen and oxygen atoms in total. The number of rotatable bonds is 16. The SMILES string of the molecule is CC(C)[P+](CC(CO)(C[P+](C(C)C)(C(C)C)C(C)C)C[P+](C(C)C)(C(C)C)C(C)C)(C(C)C)C(C)C.[I-].[I-].[I-]. The Morgan fingerprint density at radius 1 is 0.359 bits per heavy atom. The Morgan fingerprint density at radius 3 is 0.564 bits per heavy atom. The maximum Gasteiger partial charge on any atom is 0.0939 e. The summed E-state index contributed by atoms with van der Waals surface area (Å²) in [6.07, 6.45) is 3.85. The second-order valence-corrected chi connectivity index (χ2v) is 31.2. The van der Waals surface area contributed by atoms with Crippen molar-refractivity contribution in [3.63, 3.8) is 0 Å². The third-order valence-corrected chi connectivity index (χ3v) is 31.8. The lowest BCUT2D eigenvalue weighted by molar-refractivity contribution is -0.00100. The third kappa shape index (κ3) is 10.5. The lowest BCUT2D eigenvalue weighted by atomic mass is 9.97. The first-order valence-corrected chi connectivity index (χ1v) is 21.9. The molecule has 0 radical (unpaired) electrons. The highest BCUT2D eigenvalue weighted by Crippen LogP contribution is 2.80. The second-order valence-electron chi connectivity index (χ2n) is 15.0. The van der Waals surface area contributed by atoms with Crippen molar-refractivity contribution in [2.75, 3.05) is 25.1 Å². The van der Waals surface area contributed by atoms with Crippen LogP contribution in [0.4, 0.5) is 0 Å². The predicted octanol–water partition coefficient (Wildman–Crippen LogP) is 1.71. The summed E-state index contributed by atoms with van der Waals surface area (Å²) in [6.45, 7) is 45.7. The molecule has 7 heteroatoms. The number of aliphatic hydroxyl groups is 1. The van der Waals surface area contributed by atoms with Gasteiger partial charge >= 0.3 is 0 Å². The Hall–Kier alpha value is 3.44. The standard InChI is InChI=1S/C32H72OP3.3HI/c1-23(2)34(24(3)4,25(5)6)20-32(19-33,21-35(26(7)8,27(9)10)28(11)12)22-36(29(13)14,30(15)16)31(17)18;;;/h23-31,33H,19-22H2,1-18H3;3*1H/q+3;;;/p-3. The van der Waals surface area contributed by atoms with E-state index in [0.717, 1.165) is 0 Å². The van der Waals surface area contributed by atoms with Crippen LogP contribution in [0, 0.1) is 5.41 Å². The lowest BCUT2D eigenvalue weighted by Crippen LogP contribution is -3.00. The molecule has 1 N–H and O–H groups in total. The van der Waals surface area contributed by atoms with Crippen LogP contribution in [0.2, 0.25) is 0 Å². The van der Waals surface area contributed by atoms with Crippen molar-refractivity contribution in [1.29, 1.82) is 0 Å². The minimum Gasteiger partial charge on any atom is -1.00 e. The molecule has 0 aliphatic carbocycles. The zero-order chi connectivity index (χ0) is 29.0. The fraction of sp³-hybridized carbons (Fsp3) is 1.00. The van der Waals surface area contributed by atoms with Crippen LogP contribution < -0.4 is 71.9 Å². The van der Waals surface area contributed by atoms with Gasteiger partial charge in [-0.1, -0.05) is 0 Å². The average Bonchev–Trinajstić information content (AvgIpc) is 2.71. The van der Waals surface area contributed by atoms with Crippen LogP contribution in [-0.2, 0) is 0 Å². The molecule has 0 spiro atoms. The molecule has 0 saturated heterocycles. The van der Waals surface area contributed by atoms with Gasteiger partial charge in [-0.25, -0.2) is 0 Å². The zero-order valence-corrected chi connectivity index (χ0v) is 38.6. The van der Waals surface area contributed by atoms with Crippen molar-refractivity contribution in [2.24, 2.45) is 5.41 Å². The molecule has 0 aliphatic heterocycles. The minimum atomic E-state index is -1.33. The number of hydrogen-bond acceptors (Lipinski definition) is 1. The first-order valence-electron chi connectivity index (χ1n) is 15.4. The lowest BCUT2D eigenvalue weighted by Gasteiger charge is -2.51. The predicted molar refractivity (Wildman–Crippen MR) is 181 cm³/mol. The normalized spacial score (nSPS) is 13.8. The average molecular weight is 947 g/mol. The van der Waals surface area contributed by atoms with E-state index in [4.69, 9.17) is 0 Å². The summed E-state index contributed by atoms with van der Waals surface area (Å²) in [5.41, 5.74) is 6.39. The van der Waals surface area contributed by atoms with E-state index in [1.54, 1.807) is 0 Å². The molecule has 39 heavy (non-hydrogen) atoms. The number of aliphatic hydroxyl groups excluding tert-OH is 1. The van der Waals surface area contributed by atoms with Crippen LogP contribution in [0.15, 0.2) is 0 Å². The summed E-state index contributed by atoms with van der Waals surface area (Å²) in [6, 6.07) is 0. The Kier molecular flexibility index (Phi) is 25.1. The maximum absolute atomic E-state index is 11.8. The van der Waals surface area contributed by atoms with E-state index >= 15 is 0 Å². The highest BCUT2D eigenvalue weighted by molar-refractivity contribution is 7.80. The van der Waals surface area contributed by atoms with Gasteiger partial charge in [0.15, 0.2) is 0 Å². The molecule has 0 aromatic carbocycles. The van der Waals surface area contributed by atoms with Crippen molar-refractivity contribution in [1.82, 2.24) is 0 Å². The van der Waals surface area contributed by atoms with E-state index in [1.807, 2.05) is 0 Å². The molecule has 0 fully saturated rings. The van der Waals surface area contributed by atoms with Crippen molar-refractivity contribution < 1.29 is 77.0 Å². The van der Waals surface area contributed by atoms with Crippen LogP contribution >= 0.6 is 21.8 Å². The van der Waals surface area contributed by atoms with Gasteiger partial charge in [-0.2, -0.15) is 0 Å². The molecule has 0 saturated carbocycles. The third-order valence-electron chi connectivity index (χ3n) is 10.8. The molecule has 0 amide bonds. The summed E-state index contributed by atoms with van der Waals surface area (Å²) in [5, 5.41) is 11.8. The van der Waals surface area contributed by atoms with E-state index in [-0.39, 0.29) is 77.3 Å². The van der Waals surface area contributed by atoms with Crippen molar-refractivity contribution in [3.8, 4) is 0 Å². The van der Waals surface area contributed by atoms with Crippen LogP contribution in [0.25, 0.3) is 0 Å². The Morgan fingerprint density at radius 2 is 0.487 bits per heavy atom. The largest absolute Gasteiger partial charge is 1.00 e. The summed E-state index contributed by atoms with van der Waals surface area (Å²) >= 11 is 0. The quantitative estimate of drug-likeness (QED) is 0.185. The van der Waals surface area contributed by atoms with Gasteiger partial charge in [0, 0.05) is 21.8 Å². The molecule has 0 aromatic rings. The molecule has 242 valence electrons. The smallest absolute Gasteiger partial charge is 0.0939 e. The van der Waals surface area contributed by atoms with Crippen LogP contribution in [0.1, 0.15) is 125 Å². The number of halogens is 3. The molecule has 0 atom stereocenters. The zero-order valence-electron chi connectivity index (χ0n) is 29.4. The van der Waals surface area contributed by atoms with Crippen LogP contribution in [0.5, 0.6) is 0 Å². The Bertz CT molecular complexity index is 498. The molecule has 0 aromatic heterocycles. The Balaban J connectivity index is -0.00000204. The Labute approximate surface area is 302 Å². The molecular formula is C32H72I3OP3. The van der Waals surface area contributed by atoms with Gasteiger partial charge in [-0.15, -0.1) is 0 Å². The first kappa shape index (κ1) is 49.3. The van der Waals surface area contributed by atoms with E-state index in [2.05, 4.69) is 125 Å². The van der Waals surface area contributed by atoms with E-state index < -0.39 is 21.8 Å². The molecule has 0 rings (SSSR count). The van der Waals surface area contributed by atoms with E-state index in [1.165, 1.54) is 18.5 Å². The van der Waals surface area contributed by atoms with Gasteiger partial charge in [-0.3, -0.25) is 0 Å². The second kappa shape index (κ2) is 19.8. The van der Waals surface area contributed by atoms with Crippen molar-refractivity contribution >= 4 is 21.8 Å². The van der Waals surface area contributed by atoms with Gasteiger partial charge in [-0.05, 0) is 125 Å². The summed E-state index contributed by atoms with van der Waals surface area (Å²) < 4.78 is 0.